The van der Waals surface area contributed by atoms with Crippen molar-refractivity contribution in [2.45, 2.75) is 26.3 Å². The van der Waals surface area contributed by atoms with Gasteiger partial charge < -0.3 is 9.64 Å². The lowest BCUT2D eigenvalue weighted by atomic mass is 10.1. The molecule has 0 radical (unpaired) electrons. The molecule has 3 rings (SSSR count). The largest absolute Gasteiger partial charge is 0.381 e. The Labute approximate surface area is 139 Å². The molecule has 0 unspecified atom stereocenters. The molecule has 2 aromatic rings. The molecule has 124 valence electrons. The van der Waals surface area contributed by atoms with E-state index in [9.17, 15) is 9.59 Å². The number of amides is 1. The summed E-state index contributed by atoms with van der Waals surface area (Å²) in [5, 5.41) is 0.692. The van der Waals surface area contributed by atoms with Crippen molar-refractivity contribution in [3.05, 3.63) is 34.6 Å². The third kappa shape index (κ3) is 3.64. The van der Waals surface area contributed by atoms with Crippen LogP contribution in [0.1, 0.15) is 19.8 Å². The Morgan fingerprint density at radius 2 is 2.22 bits per heavy atom. The molecule has 0 saturated carbocycles. The Bertz CT molecular complexity index is 737. The number of benzene rings is 1. The molecule has 1 fully saturated rings. The van der Waals surface area contributed by atoms with Crippen LogP contribution in [0.25, 0.3) is 10.1 Å². The molecule has 23 heavy (non-hydrogen) atoms. The number of fused-ring (bicyclic) bond motifs is 1. The summed E-state index contributed by atoms with van der Waals surface area (Å²) in [6.45, 7) is 5.23. The quantitative estimate of drug-likeness (QED) is 0.762. The highest BCUT2D eigenvalue weighted by molar-refractivity contribution is 7.13. The van der Waals surface area contributed by atoms with Gasteiger partial charge in [-0.05, 0) is 25.0 Å². The fraction of sp³-hybridized carbons (Fsp3) is 0.529. The van der Waals surface area contributed by atoms with Gasteiger partial charge in [-0.3, -0.25) is 13.5 Å². The number of ether oxygens (including phenoxy) is 1. The molecule has 1 aliphatic rings. The topological polar surface area (TPSA) is 51.5 Å². The molecule has 2 heterocycles. The predicted molar refractivity (Wildman–Crippen MR) is 91.9 cm³/mol. The van der Waals surface area contributed by atoms with Gasteiger partial charge in [-0.2, -0.15) is 0 Å². The van der Waals surface area contributed by atoms with Crippen molar-refractivity contribution in [2.75, 3.05) is 26.3 Å². The number of aromatic nitrogens is 1. The van der Waals surface area contributed by atoms with Crippen molar-refractivity contribution in [1.82, 2.24) is 8.86 Å². The van der Waals surface area contributed by atoms with Crippen LogP contribution in [0.3, 0.4) is 0 Å². The first-order chi connectivity index (χ1) is 11.2. The van der Waals surface area contributed by atoms with Crippen molar-refractivity contribution in [3.8, 4) is 0 Å². The summed E-state index contributed by atoms with van der Waals surface area (Å²) in [6, 6.07) is 7.49. The second-order valence-electron chi connectivity index (χ2n) is 6.00. The normalized spacial score (nSPS) is 18.0. The van der Waals surface area contributed by atoms with Crippen LogP contribution in [0.4, 0.5) is 0 Å². The lowest BCUT2D eigenvalue weighted by Crippen LogP contribution is -2.34. The van der Waals surface area contributed by atoms with Gasteiger partial charge in [0.2, 0.25) is 5.91 Å². The summed E-state index contributed by atoms with van der Waals surface area (Å²) < 4.78 is 8.07. The molecule has 1 aromatic carbocycles. The zero-order valence-corrected chi connectivity index (χ0v) is 14.2. The predicted octanol–water partition coefficient (Wildman–Crippen LogP) is 2.34. The van der Waals surface area contributed by atoms with E-state index in [0.29, 0.717) is 11.3 Å². The van der Waals surface area contributed by atoms with Crippen LogP contribution in [0.2, 0.25) is 0 Å². The first-order valence-corrected chi connectivity index (χ1v) is 8.90. The lowest BCUT2D eigenvalue weighted by Gasteiger charge is -2.16. The van der Waals surface area contributed by atoms with Crippen LogP contribution in [0.15, 0.2) is 29.1 Å². The van der Waals surface area contributed by atoms with Crippen molar-refractivity contribution in [3.63, 3.8) is 0 Å². The molecule has 0 N–H and O–H groups in total. The van der Waals surface area contributed by atoms with Gasteiger partial charge >= 0.3 is 0 Å². The van der Waals surface area contributed by atoms with Crippen molar-refractivity contribution >= 4 is 27.5 Å². The minimum absolute atomic E-state index is 0.0247. The molecule has 1 atom stereocenters. The van der Waals surface area contributed by atoms with Crippen molar-refractivity contribution in [2.24, 2.45) is 5.92 Å². The number of rotatable bonds is 6. The van der Waals surface area contributed by atoms with Gasteiger partial charge in [-0.15, -0.1) is 0 Å². The molecule has 0 bridgehead atoms. The van der Waals surface area contributed by atoms with Crippen molar-refractivity contribution < 1.29 is 9.53 Å². The van der Waals surface area contributed by atoms with Crippen LogP contribution < -0.4 is 5.56 Å². The van der Waals surface area contributed by atoms with Crippen LogP contribution in [0.5, 0.6) is 0 Å². The number of hydrogen-bond donors (Lipinski definition) is 0. The Morgan fingerprint density at radius 3 is 3.00 bits per heavy atom. The molecule has 0 spiro atoms. The average Bonchev–Trinajstić information content (AvgIpc) is 3.14. The Kier molecular flexibility index (Phi) is 5.13. The van der Waals surface area contributed by atoms with E-state index in [1.807, 2.05) is 29.2 Å². The molecule has 5 nitrogen and oxygen atoms in total. The second kappa shape index (κ2) is 7.27. The summed E-state index contributed by atoms with van der Waals surface area (Å²) in [7, 11) is 0. The van der Waals surface area contributed by atoms with E-state index in [4.69, 9.17) is 4.74 Å². The van der Waals surface area contributed by atoms with E-state index < -0.39 is 0 Å². The zero-order valence-electron chi connectivity index (χ0n) is 13.4. The molecular weight excluding hydrogens is 312 g/mol. The zero-order chi connectivity index (χ0) is 16.2. The number of carbonyl (C=O) groups is 1. The first-order valence-electron chi connectivity index (χ1n) is 8.13. The van der Waals surface area contributed by atoms with Crippen LogP contribution >= 0.6 is 11.5 Å². The molecule has 1 aliphatic heterocycles. The lowest BCUT2D eigenvalue weighted by molar-refractivity contribution is -0.130. The summed E-state index contributed by atoms with van der Waals surface area (Å²) in [5.74, 6) is 0.446. The number of hydrogen-bond acceptors (Lipinski definition) is 4. The summed E-state index contributed by atoms with van der Waals surface area (Å²) in [4.78, 5) is 26.6. The number of nitrogens with zero attached hydrogens (tertiary/aromatic N) is 2. The highest BCUT2D eigenvalue weighted by Gasteiger charge is 2.26. The van der Waals surface area contributed by atoms with Gasteiger partial charge in [0.05, 0.1) is 16.7 Å². The molecule has 1 amide bonds. The van der Waals surface area contributed by atoms with Crippen LogP contribution in [-0.2, 0) is 16.1 Å². The molecule has 0 aliphatic carbocycles. The maximum Gasteiger partial charge on any atom is 0.268 e. The Balaban J connectivity index is 1.61. The first kappa shape index (κ1) is 16.2. The van der Waals surface area contributed by atoms with E-state index in [0.717, 1.165) is 43.8 Å². The van der Waals surface area contributed by atoms with Gasteiger partial charge in [0.1, 0.15) is 6.54 Å². The molecular formula is C17H22N2O3S. The summed E-state index contributed by atoms with van der Waals surface area (Å²) in [5.41, 5.74) is -0.0685. The maximum atomic E-state index is 12.5. The van der Waals surface area contributed by atoms with Gasteiger partial charge in [0.15, 0.2) is 0 Å². The highest BCUT2D eigenvalue weighted by Crippen LogP contribution is 2.19. The maximum absolute atomic E-state index is 12.5. The molecule has 1 saturated heterocycles. The fourth-order valence-electron chi connectivity index (χ4n) is 2.93. The Morgan fingerprint density at radius 1 is 1.39 bits per heavy atom. The summed E-state index contributed by atoms with van der Waals surface area (Å²) >= 11 is 1.36. The third-order valence-electron chi connectivity index (χ3n) is 4.17. The minimum Gasteiger partial charge on any atom is -0.381 e. The standard InChI is InChI=1S/C17H22N2O3S/c1-2-9-22-12-13-7-8-18(10-13)16(20)11-19-17(21)14-5-3-4-6-15(14)23-19/h3-6,13H,2,7-12H2,1H3/t13-/m0/s1. The van der Waals surface area contributed by atoms with Crippen molar-refractivity contribution in [1.29, 1.82) is 0 Å². The van der Waals surface area contributed by atoms with E-state index in [1.165, 1.54) is 11.5 Å². The van der Waals surface area contributed by atoms with Gasteiger partial charge in [0, 0.05) is 25.6 Å². The summed E-state index contributed by atoms with van der Waals surface area (Å²) in [6.07, 6.45) is 2.00. The molecule has 1 aromatic heterocycles. The van der Waals surface area contributed by atoms with Gasteiger partial charge in [-0.1, -0.05) is 30.6 Å². The van der Waals surface area contributed by atoms with Crippen LogP contribution in [-0.4, -0.2) is 41.1 Å². The van der Waals surface area contributed by atoms with Crippen LogP contribution in [0, 0.1) is 5.92 Å². The third-order valence-corrected chi connectivity index (χ3v) is 5.24. The Hall–Kier alpha value is -1.66. The van der Waals surface area contributed by atoms with Gasteiger partial charge in [0.25, 0.3) is 5.56 Å². The van der Waals surface area contributed by atoms with Gasteiger partial charge in [-0.25, -0.2) is 0 Å². The fourth-order valence-corrected chi connectivity index (χ4v) is 3.92. The van der Waals surface area contributed by atoms with E-state index >= 15 is 0 Å². The minimum atomic E-state index is -0.0685. The second-order valence-corrected chi connectivity index (χ2v) is 7.06. The average molecular weight is 334 g/mol. The van der Waals surface area contributed by atoms with E-state index in [2.05, 4.69) is 6.92 Å². The smallest absolute Gasteiger partial charge is 0.268 e. The van der Waals surface area contributed by atoms with E-state index in [1.54, 1.807) is 3.96 Å². The highest BCUT2D eigenvalue weighted by atomic mass is 32.1. The number of carbonyl (C=O) groups excluding carboxylic acids is 1. The monoisotopic (exact) mass is 334 g/mol. The molecule has 6 heteroatoms. The van der Waals surface area contributed by atoms with E-state index in [-0.39, 0.29) is 18.0 Å². The SMILES string of the molecule is CCCOC[C@H]1CCN(C(=O)Cn2sc3ccccc3c2=O)C1. The number of likely N-dealkylation sites (tertiary alicyclic amines) is 1.